The number of benzene rings is 1. The molecule has 3 heteroatoms. The molecule has 2 unspecified atom stereocenters. The van der Waals surface area contributed by atoms with Crippen molar-refractivity contribution >= 4 is 5.97 Å². The largest absolute Gasteiger partial charge is 0.497 e. The molecule has 0 aromatic heterocycles. The highest BCUT2D eigenvalue weighted by Crippen LogP contribution is 2.48. The molecule has 2 rings (SSSR count). The molecule has 1 aromatic carbocycles. The van der Waals surface area contributed by atoms with Crippen LogP contribution in [0.3, 0.4) is 0 Å². The summed E-state index contributed by atoms with van der Waals surface area (Å²) in [6, 6.07) is 8.25. The lowest BCUT2D eigenvalue weighted by Crippen LogP contribution is -2.30. The van der Waals surface area contributed by atoms with Crippen LogP contribution in [0.4, 0.5) is 0 Å². The number of rotatable bonds is 4. The second-order valence-electron chi connectivity index (χ2n) is 6.83. The summed E-state index contributed by atoms with van der Waals surface area (Å²) in [6.07, 6.45) is 3.86. The minimum absolute atomic E-state index is 0.106. The summed E-state index contributed by atoms with van der Waals surface area (Å²) in [5, 5.41) is 0. The van der Waals surface area contributed by atoms with Crippen molar-refractivity contribution in [1.82, 2.24) is 0 Å². The van der Waals surface area contributed by atoms with E-state index < -0.39 is 0 Å². The van der Waals surface area contributed by atoms with Gasteiger partial charge >= 0.3 is 5.97 Å². The van der Waals surface area contributed by atoms with Gasteiger partial charge in [-0.15, -0.1) is 0 Å². The van der Waals surface area contributed by atoms with Gasteiger partial charge in [0.2, 0.25) is 0 Å². The van der Waals surface area contributed by atoms with Gasteiger partial charge in [0, 0.05) is 6.42 Å². The zero-order valence-corrected chi connectivity index (χ0v) is 13.5. The molecule has 1 aliphatic rings. The van der Waals surface area contributed by atoms with Gasteiger partial charge in [-0.05, 0) is 54.2 Å². The molecule has 0 amide bonds. The molecular weight excluding hydrogens is 264 g/mol. The molecule has 0 saturated heterocycles. The van der Waals surface area contributed by atoms with Gasteiger partial charge in [0.15, 0.2) is 0 Å². The van der Waals surface area contributed by atoms with E-state index in [0.29, 0.717) is 23.7 Å². The summed E-state index contributed by atoms with van der Waals surface area (Å²) >= 11 is 0. The number of esters is 1. The Hall–Kier alpha value is -1.51. The summed E-state index contributed by atoms with van der Waals surface area (Å²) in [7, 11) is 3.16. The Morgan fingerprint density at radius 2 is 2.10 bits per heavy atom. The van der Waals surface area contributed by atoms with Gasteiger partial charge in [0.25, 0.3) is 0 Å². The van der Waals surface area contributed by atoms with E-state index in [9.17, 15) is 4.79 Å². The van der Waals surface area contributed by atoms with Gasteiger partial charge in [-0.25, -0.2) is 0 Å². The summed E-state index contributed by atoms with van der Waals surface area (Å²) in [4.78, 5) is 11.7. The molecule has 0 heterocycles. The minimum Gasteiger partial charge on any atom is -0.497 e. The van der Waals surface area contributed by atoms with Crippen LogP contribution in [0.1, 0.15) is 51.0 Å². The molecule has 2 atom stereocenters. The first kappa shape index (κ1) is 15.9. The summed E-state index contributed by atoms with van der Waals surface area (Å²) in [5.74, 6) is 1.53. The fourth-order valence-electron chi connectivity index (χ4n) is 3.56. The number of methoxy groups -OCH3 is 2. The van der Waals surface area contributed by atoms with Crippen LogP contribution in [0.2, 0.25) is 0 Å². The maximum Gasteiger partial charge on any atom is 0.305 e. The van der Waals surface area contributed by atoms with Crippen LogP contribution in [0, 0.1) is 11.3 Å². The van der Waals surface area contributed by atoms with Gasteiger partial charge in [-0.3, -0.25) is 4.79 Å². The fraction of sp³-hybridized carbons (Fsp3) is 0.611. The number of carbonyl (C=O) groups excluding carboxylic acids is 1. The Kier molecular flexibility index (Phi) is 4.92. The highest BCUT2D eigenvalue weighted by molar-refractivity contribution is 5.69. The van der Waals surface area contributed by atoms with E-state index in [2.05, 4.69) is 26.0 Å². The lowest BCUT2D eigenvalue weighted by molar-refractivity contribution is -0.142. The van der Waals surface area contributed by atoms with Crippen molar-refractivity contribution in [2.75, 3.05) is 14.2 Å². The molecule has 0 aliphatic heterocycles. The fourth-order valence-corrected chi connectivity index (χ4v) is 3.56. The van der Waals surface area contributed by atoms with Crippen molar-refractivity contribution in [2.45, 2.75) is 45.4 Å². The third kappa shape index (κ3) is 3.99. The minimum atomic E-state index is -0.106. The molecule has 1 aliphatic carbocycles. The van der Waals surface area contributed by atoms with E-state index in [-0.39, 0.29) is 5.97 Å². The first-order valence-corrected chi connectivity index (χ1v) is 7.66. The SMILES string of the molecule is COC(=O)CC1CC(C)(C)CCC1c1cccc(OC)c1. The van der Waals surface area contributed by atoms with E-state index in [1.807, 2.05) is 12.1 Å². The van der Waals surface area contributed by atoms with Crippen molar-refractivity contribution in [2.24, 2.45) is 11.3 Å². The Morgan fingerprint density at radius 3 is 2.76 bits per heavy atom. The molecule has 21 heavy (non-hydrogen) atoms. The molecule has 0 N–H and O–H groups in total. The number of carbonyl (C=O) groups is 1. The molecule has 3 nitrogen and oxygen atoms in total. The van der Waals surface area contributed by atoms with Crippen LogP contribution in [0.5, 0.6) is 5.75 Å². The third-order valence-corrected chi connectivity index (χ3v) is 4.69. The monoisotopic (exact) mass is 290 g/mol. The highest BCUT2D eigenvalue weighted by Gasteiger charge is 2.36. The van der Waals surface area contributed by atoms with Crippen LogP contribution in [0.25, 0.3) is 0 Å². The van der Waals surface area contributed by atoms with E-state index >= 15 is 0 Å². The zero-order chi connectivity index (χ0) is 15.5. The number of ether oxygens (including phenoxy) is 2. The predicted octanol–water partition coefficient (Wildman–Crippen LogP) is 4.17. The van der Waals surface area contributed by atoms with Crippen LogP contribution in [-0.2, 0) is 9.53 Å². The molecular formula is C18H26O3. The van der Waals surface area contributed by atoms with Crippen LogP contribution in [0.15, 0.2) is 24.3 Å². The van der Waals surface area contributed by atoms with Gasteiger partial charge in [-0.1, -0.05) is 26.0 Å². The summed E-state index contributed by atoms with van der Waals surface area (Å²) in [6.45, 7) is 4.58. The highest BCUT2D eigenvalue weighted by atomic mass is 16.5. The first-order chi connectivity index (χ1) is 9.95. The van der Waals surface area contributed by atoms with Crippen LogP contribution >= 0.6 is 0 Å². The van der Waals surface area contributed by atoms with E-state index in [0.717, 1.165) is 18.6 Å². The molecule has 1 aromatic rings. The lowest BCUT2D eigenvalue weighted by Gasteiger charge is -2.40. The number of hydrogen-bond acceptors (Lipinski definition) is 3. The van der Waals surface area contributed by atoms with E-state index in [1.54, 1.807) is 7.11 Å². The Labute approximate surface area is 127 Å². The quantitative estimate of drug-likeness (QED) is 0.781. The third-order valence-electron chi connectivity index (χ3n) is 4.69. The number of hydrogen-bond donors (Lipinski definition) is 0. The average Bonchev–Trinajstić information content (AvgIpc) is 2.46. The van der Waals surface area contributed by atoms with Crippen LogP contribution < -0.4 is 4.74 Å². The summed E-state index contributed by atoms with van der Waals surface area (Å²) < 4.78 is 10.2. The van der Waals surface area contributed by atoms with Gasteiger partial charge in [-0.2, -0.15) is 0 Å². The smallest absolute Gasteiger partial charge is 0.305 e. The van der Waals surface area contributed by atoms with Gasteiger partial charge in [0.1, 0.15) is 5.75 Å². The van der Waals surface area contributed by atoms with E-state index in [4.69, 9.17) is 9.47 Å². The Balaban J connectivity index is 2.23. The average molecular weight is 290 g/mol. The van der Waals surface area contributed by atoms with Crippen molar-refractivity contribution < 1.29 is 14.3 Å². The maximum atomic E-state index is 11.7. The van der Waals surface area contributed by atoms with Crippen LogP contribution in [-0.4, -0.2) is 20.2 Å². The maximum absolute atomic E-state index is 11.7. The molecule has 0 spiro atoms. The standard InChI is InChI=1S/C18H26O3/c1-18(2)9-8-16(14(12-18)11-17(19)21-4)13-6-5-7-15(10-13)20-3/h5-7,10,14,16H,8-9,11-12H2,1-4H3. The lowest BCUT2D eigenvalue weighted by atomic mass is 9.64. The molecule has 1 saturated carbocycles. The van der Waals surface area contributed by atoms with Crippen molar-refractivity contribution in [3.63, 3.8) is 0 Å². The summed E-state index contributed by atoms with van der Waals surface area (Å²) in [5.41, 5.74) is 1.58. The van der Waals surface area contributed by atoms with Gasteiger partial charge in [0.05, 0.1) is 14.2 Å². The molecule has 1 fully saturated rings. The Bertz CT molecular complexity index is 493. The molecule has 0 bridgehead atoms. The zero-order valence-electron chi connectivity index (χ0n) is 13.5. The normalized spacial score (nSPS) is 24.4. The molecule has 116 valence electrons. The topological polar surface area (TPSA) is 35.5 Å². The van der Waals surface area contributed by atoms with Crippen molar-refractivity contribution in [1.29, 1.82) is 0 Å². The van der Waals surface area contributed by atoms with Crippen molar-refractivity contribution in [3.05, 3.63) is 29.8 Å². The Morgan fingerprint density at radius 1 is 1.33 bits per heavy atom. The van der Waals surface area contributed by atoms with Gasteiger partial charge < -0.3 is 9.47 Å². The first-order valence-electron chi connectivity index (χ1n) is 7.66. The second kappa shape index (κ2) is 6.50. The van der Waals surface area contributed by atoms with E-state index in [1.165, 1.54) is 19.1 Å². The van der Waals surface area contributed by atoms with Crippen molar-refractivity contribution in [3.8, 4) is 5.75 Å². The predicted molar refractivity (Wildman–Crippen MR) is 83.5 cm³/mol. The second-order valence-corrected chi connectivity index (χ2v) is 6.83. The molecule has 0 radical (unpaired) electrons.